The summed E-state index contributed by atoms with van der Waals surface area (Å²) in [6.07, 6.45) is 0. The minimum absolute atomic E-state index is 0.0273. The van der Waals surface area contributed by atoms with Crippen LogP contribution >= 0.6 is 0 Å². The maximum Gasteiger partial charge on any atom is 0.264 e. The Labute approximate surface area is 118 Å². The zero-order valence-electron chi connectivity index (χ0n) is 11.5. The van der Waals surface area contributed by atoms with Gasteiger partial charge in [-0.25, -0.2) is 0 Å². The Bertz CT molecular complexity index is 576. The molecule has 2 aromatic rings. The zero-order chi connectivity index (χ0) is 14.5. The summed E-state index contributed by atoms with van der Waals surface area (Å²) in [6.45, 7) is 1.97. The molecule has 0 atom stereocenters. The molecule has 0 radical (unpaired) electrons. The molecule has 1 amide bonds. The van der Waals surface area contributed by atoms with Gasteiger partial charge in [0.2, 0.25) is 0 Å². The number of phenols is 1. The summed E-state index contributed by atoms with van der Waals surface area (Å²) in [5.41, 5.74) is 1.85. The van der Waals surface area contributed by atoms with Crippen molar-refractivity contribution in [1.29, 1.82) is 0 Å². The lowest BCUT2D eigenvalue weighted by atomic mass is 10.2. The first kappa shape index (κ1) is 13.9. The van der Waals surface area contributed by atoms with Crippen molar-refractivity contribution in [3.05, 3.63) is 54.1 Å². The average Bonchev–Trinajstić information content (AvgIpc) is 2.46. The highest BCUT2D eigenvalue weighted by Crippen LogP contribution is 2.17. The fourth-order valence-corrected chi connectivity index (χ4v) is 1.70. The Kier molecular flexibility index (Phi) is 4.25. The molecule has 0 aliphatic carbocycles. The van der Waals surface area contributed by atoms with Gasteiger partial charge in [-0.3, -0.25) is 4.79 Å². The second kappa shape index (κ2) is 6.10. The molecule has 0 spiro atoms. The second-order valence-electron chi connectivity index (χ2n) is 4.57. The summed E-state index contributed by atoms with van der Waals surface area (Å²) < 4.78 is 5.45. The number of ether oxygens (including phenoxy) is 1. The van der Waals surface area contributed by atoms with Gasteiger partial charge in [0.05, 0.1) is 0 Å². The summed E-state index contributed by atoms with van der Waals surface area (Å²) in [6, 6.07) is 14.0. The number of benzene rings is 2. The topological polar surface area (TPSA) is 49.8 Å². The number of aromatic hydroxyl groups is 1. The molecule has 0 aromatic heterocycles. The van der Waals surface area contributed by atoms with E-state index in [0.29, 0.717) is 11.4 Å². The van der Waals surface area contributed by atoms with Crippen LogP contribution in [0.4, 0.5) is 5.69 Å². The van der Waals surface area contributed by atoms with Crippen molar-refractivity contribution < 1.29 is 14.6 Å². The van der Waals surface area contributed by atoms with Gasteiger partial charge in [0, 0.05) is 12.7 Å². The molecule has 0 bridgehead atoms. The lowest BCUT2D eigenvalue weighted by Crippen LogP contribution is -2.31. The third-order valence-electron chi connectivity index (χ3n) is 2.99. The molecule has 0 saturated carbocycles. The Morgan fingerprint density at radius 2 is 1.70 bits per heavy atom. The van der Waals surface area contributed by atoms with Crippen LogP contribution in [-0.2, 0) is 4.79 Å². The monoisotopic (exact) mass is 271 g/mol. The number of carbonyl (C=O) groups excluding carboxylic acids is 1. The van der Waals surface area contributed by atoms with Crippen molar-refractivity contribution in [3.8, 4) is 11.5 Å². The first-order chi connectivity index (χ1) is 9.56. The van der Waals surface area contributed by atoms with E-state index in [0.717, 1.165) is 5.56 Å². The highest BCUT2D eigenvalue weighted by atomic mass is 16.5. The standard InChI is InChI=1S/C16H17NO3/c1-12-3-9-15(10-4-12)20-11-16(19)17(2)13-5-7-14(18)8-6-13/h3-10,18H,11H2,1-2H3. The maximum absolute atomic E-state index is 12.0. The van der Waals surface area contributed by atoms with Gasteiger partial charge >= 0.3 is 0 Å². The summed E-state index contributed by atoms with van der Waals surface area (Å²) in [4.78, 5) is 13.5. The van der Waals surface area contributed by atoms with Crippen LogP contribution in [0.15, 0.2) is 48.5 Å². The van der Waals surface area contributed by atoms with Crippen LogP contribution in [0.2, 0.25) is 0 Å². The van der Waals surface area contributed by atoms with Crippen LogP contribution in [0.3, 0.4) is 0 Å². The zero-order valence-corrected chi connectivity index (χ0v) is 11.5. The average molecular weight is 271 g/mol. The van der Waals surface area contributed by atoms with E-state index in [4.69, 9.17) is 4.74 Å². The van der Waals surface area contributed by atoms with Crippen LogP contribution in [0.25, 0.3) is 0 Å². The molecular weight excluding hydrogens is 254 g/mol. The van der Waals surface area contributed by atoms with Gasteiger partial charge in [-0.15, -0.1) is 0 Å². The minimum Gasteiger partial charge on any atom is -0.508 e. The molecule has 0 aliphatic heterocycles. The smallest absolute Gasteiger partial charge is 0.264 e. The van der Waals surface area contributed by atoms with E-state index < -0.39 is 0 Å². The van der Waals surface area contributed by atoms with Crippen molar-refractivity contribution in [2.75, 3.05) is 18.6 Å². The molecule has 20 heavy (non-hydrogen) atoms. The fraction of sp³-hybridized carbons (Fsp3) is 0.188. The van der Waals surface area contributed by atoms with Gasteiger partial charge in [-0.1, -0.05) is 17.7 Å². The van der Waals surface area contributed by atoms with Crippen LogP contribution in [0, 0.1) is 6.92 Å². The van der Waals surface area contributed by atoms with E-state index in [-0.39, 0.29) is 18.3 Å². The summed E-state index contributed by atoms with van der Waals surface area (Å²) >= 11 is 0. The van der Waals surface area contributed by atoms with Gasteiger partial charge in [0.1, 0.15) is 11.5 Å². The quantitative estimate of drug-likeness (QED) is 0.930. The van der Waals surface area contributed by atoms with Gasteiger partial charge in [0.15, 0.2) is 6.61 Å². The SMILES string of the molecule is Cc1ccc(OCC(=O)N(C)c2ccc(O)cc2)cc1. The number of nitrogens with zero attached hydrogens (tertiary/aromatic N) is 1. The Hall–Kier alpha value is -2.49. The number of phenolic OH excluding ortho intramolecular Hbond substituents is 1. The van der Waals surface area contributed by atoms with Crippen LogP contribution in [-0.4, -0.2) is 24.7 Å². The normalized spacial score (nSPS) is 10.1. The number of amides is 1. The predicted molar refractivity (Wildman–Crippen MR) is 78.2 cm³/mol. The molecule has 104 valence electrons. The van der Waals surface area contributed by atoms with Crippen LogP contribution in [0.5, 0.6) is 11.5 Å². The van der Waals surface area contributed by atoms with Crippen molar-refractivity contribution in [1.82, 2.24) is 0 Å². The first-order valence-corrected chi connectivity index (χ1v) is 6.31. The van der Waals surface area contributed by atoms with E-state index in [2.05, 4.69) is 0 Å². The van der Waals surface area contributed by atoms with E-state index >= 15 is 0 Å². The molecule has 2 aromatic carbocycles. The minimum atomic E-state index is -0.156. The molecule has 0 heterocycles. The Morgan fingerprint density at radius 3 is 2.30 bits per heavy atom. The van der Waals surface area contributed by atoms with Crippen molar-refractivity contribution in [3.63, 3.8) is 0 Å². The maximum atomic E-state index is 12.0. The highest BCUT2D eigenvalue weighted by molar-refractivity contribution is 5.93. The number of carbonyl (C=O) groups is 1. The number of hydrogen-bond acceptors (Lipinski definition) is 3. The molecule has 4 nitrogen and oxygen atoms in total. The predicted octanol–water partition coefficient (Wildman–Crippen LogP) is 2.74. The van der Waals surface area contributed by atoms with Gasteiger partial charge in [-0.2, -0.15) is 0 Å². The highest BCUT2D eigenvalue weighted by Gasteiger charge is 2.11. The lowest BCUT2D eigenvalue weighted by molar-refractivity contribution is -0.120. The third-order valence-corrected chi connectivity index (χ3v) is 2.99. The van der Waals surface area contributed by atoms with E-state index in [1.165, 1.54) is 4.90 Å². The number of hydrogen-bond donors (Lipinski definition) is 1. The summed E-state index contributed by atoms with van der Waals surface area (Å²) in [7, 11) is 1.67. The molecule has 1 N–H and O–H groups in total. The van der Waals surface area contributed by atoms with Gasteiger partial charge in [0.25, 0.3) is 5.91 Å². The molecule has 0 aliphatic rings. The first-order valence-electron chi connectivity index (χ1n) is 6.31. The van der Waals surface area contributed by atoms with Gasteiger partial charge < -0.3 is 14.7 Å². The number of rotatable bonds is 4. The molecule has 2 rings (SSSR count). The number of likely N-dealkylation sites (N-methyl/N-ethyl adjacent to an activating group) is 1. The molecular formula is C16H17NO3. The molecule has 0 fully saturated rings. The Balaban J connectivity index is 1.94. The van der Waals surface area contributed by atoms with Crippen molar-refractivity contribution in [2.24, 2.45) is 0 Å². The second-order valence-corrected chi connectivity index (χ2v) is 4.57. The number of aryl methyl sites for hydroxylation is 1. The van der Waals surface area contributed by atoms with Crippen molar-refractivity contribution >= 4 is 11.6 Å². The summed E-state index contributed by atoms with van der Waals surface area (Å²) in [5, 5.41) is 9.22. The Morgan fingerprint density at radius 1 is 1.10 bits per heavy atom. The number of anilines is 1. The largest absolute Gasteiger partial charge is 0.508 e. The van der Waals surface area contributed by atoms with Gasteiger partial charge in [-0.05, 0) is 43.3 Å². The van der Waals surface area contributed by atoms with Crippen molar-refractivity contribution in [2.45, 2.75) is 6.92 Å². The van der Waals surface area contributed by atoms with E-state index in [1.54, 1.807) is 31.3 Å². The molecule has 4 heteroatoms. The third kappa shape index (κ3) is 3.51. The van der Waals surface area contributed by atoms with Crippen LogP contribution < -0.4 is 9.64 Å². The van der Waals surface area contributed by atoms with Crippen LogP contribution in [0.1, 0.15) is 5.56 Å². The van der Waals surface area contributed by atoms with E-state index in [9.17, 15) is 9.90 Å². The summed E-state index contributed by atoms with van der Waals surface area (Å²) in [5.74, 6) is 0.685. The molecule has 0 saturated heterocycles. The lowest BCUT2D eigenvalue weighted by Gasteiger charge is -2.17. The van der Waals surface area contributed by atoms with E-state index in [1.807, 2.05) is 31.2 Å². The fourth-order valence-electron chi connectivity index (χ4n) is 1.70. The molecule has 0 unspecified atom stereocenters.